The lowest BCUT2D eigenvalue weighted by Crippen LogP contribution is -2.30. The topological polar surface area (TPSA) is 78.8 Å². The van der Waals surface area contributed by atoms with Crippen molar-refractivity contribution in [3.63, 3.8) is 0 Å². The average molecular weight is 439 g/mol. The maximum atomic E-state index is 13.3. The molecule has 0 fully saturated rings. The minimum Gasteiger partial charge on any atom is -0.449 e. The highest BCUT2D eigenvalue weighted by atomic mass is 19.1. The zero-order valence-corrected chi connectivity index (χ0v) is 17.2. The van der Waals surface area contributed by atoms with Crippen LogP contribution in [0.2, 0.25) is 0 Å². The van der Waals surface area contributed by atoms with Gasteiger partial charge >= 0.3 is 6.09 Å². The van der Waals surface area contributed by atoms with E-state index < -0.39 is 29.9 Å². The van der Waals surface area contributed by atoms with Crippen LogP contribution in [0.15, 0.2) is 66.7 Å². The van der Waals surface area contributed by atoms with Crippen molar-refractivity contribution in [1.29, 1.82) is 0 Å². The molecule has 1 aliphatic rings. The van der Waals surface area contributed by atoms with E-state index in [1.165, 1.54) is 0 Å². The van der Waals surface area contributed by atoms with E-state index in [9.17, 15) is 23.8 Å². The largest absolute Gasteiger partial charge is 0.449 e. The lowest BCUT2D eigenvalue weighted by atomic mass is 9.98. The molecule has 32 heavy (non-hydrogen) atoms. The van der Waals surface area contributed by atoms with Crippen molar-refractivity contribution in [3.05, 3.63) is 95.1 Å². The van der Waals surface area contributed by atoms with Crippen LogP contribution in [0.25, 0.3) is 11.1 Å². The Hall–Kier alpha value is -3.29. The molecule has 0 aliphatic heterocycles. The minimum atomic E-state index is -1.48. The number of aliphatic hydroxyl groups excluding tert-OH is 2. The zero-order valence-electron chi connectivity index (χ0n) is 17.2. The second-order valence-electron chi connectivity index (χ2n) is 7.76. The quantitative estimate of drug-likeness (QED) is 0.513. The summed E-state index contributed by atoms with van der Waals surface area (Å²) in [6.07, 6.45) is -3.47. The van der Waals surface area contributed by atoms with E-state index in [1.807, 2.05) is 48.5 Å². The maximum Gasteiger partial charge on any atom is 0.407 e. The molecule has 0 radical (unpaired) electrons. The highest BCUT2D eigenvalue weighted by Crippen LogP contribution is 2.44. The summed E-state index contributed by atoms with van der Waals surface area (Å²) in [4.78, 5) is 12.2. The van der Waals surface area contributed by atoms with E-state index in [2.05, 4.69) is 5.32 Å². The first-order valence-corrected chi connectivity index (χ1v) is 10.3. The van der Waals surface area contributed by atoms with E-state index in [-0.39, 0.29) is 31.1 Å². The van der Waals surface area contributed by atoms with Crippen molar-refractivity contribution in [1.82, 2.24) is 5.32 Å². The Bertz CT molecular complexity index is 1050. The summed E-state index contributed by atoms with van der Waals surface area (Å²) >= 11 is 0. The number of aliphatic hydroxyl groups is 2. The molecule has 0 spiro atoms. The van der Waals surface area contributed by atoms with Gasteiger partial charge in [-0.15, -0.1) is 0 Å². The molecule has 3 aromatic rings. The third-order valence-corrected chi connectivity index (χ3v) is 5.64. The molecule has 3 aromatic carbocycles. The molecule has 166 valence electrons. The molecular formula is C25H23F2NO4. The summed E-state index contributed by atoms with van der Waals surface area (Å²) in [6.45, 7) is 0.181. The zero-order chi connectivity index (χ0) is 22.7. The average Bonchev–Trinajstić information content (AvgIpc) is 3.10. The number of hydrogen-bond donors (Lipinski definition) is 3. The van der Waals surface area contributed by atoms with Gasteiger partial charge in [0.05, 0.1) is 6.10 Å². The molecule has 5 nitrogen and oxygen atoms in total. The van der Waals surface area contributed by atoms with Crippen molar-refractivity contribution < 1.29 is 28.5 Å². The number of fused-ring (bicyclic) bond motifs is 3. The van der Waals surface area contributed by atoms with Gasteiger partial charge in [-0.3, -0.25) is 0 Å². The molecule has 0 aromatic heterocycles. The van der Waals surface area contributed by atoms with Crippen molar-refractivity contribution in [3.8, 4) is 11.1 Å². The first-order chi connectivity index (χ1) is 15.4. The number of hydrogen-bond acceptors (Lipinski definition) is 4. The molecule has 1 aliphatic carbocycles. The van der Waals surface area contributed by atoms with Crippen LogP contribution >= 0.6 is 0 Å². The Morgan fingerprint density at radius 3 is 2.09 bits per heavy atom. The molecule has 0 heterocycles. The van der Waals surface area contributed by atoms with Gasteiger partial charge in [0, 0.05) is 18.5 Å². The van der Waals surface area contributed by atoms with Crippen molar-refractivity contribution in [2.24, 2.45) is 0 Å². The lowest BCUT2D eigenvalue weighted by Gasteiger charge is -2.19. The SMILES string of the molecule is O=C(NCCC(O)C(O)c1cc(F)cc(F)c1)OCC1c2ccccc2-c2ccccc21. The van der Waals surface area contributed by atoms with Gasteiger partial charge in [-0.2, -0.15) is 0 Å². The van der Waals surface area contributed by atoms with Crippen molar-refractivity contribution >= 4 is 6.09 Å². The molecule has 2 atom stereocenters. The molecule has 2 unspecified atom stereocenters. The molecule has 7 heteroatoms. The number of alkyl carbamates (subject to hydrolysis) is 1. The Kier molecular flexibility index (Phi) is 6.48. The number of ether oxygens (including phenoxy) is 1. The second kappa shape index (κ2) is 9.46. The summed E-state index contributed by atoms with van der Waals surface area (Å²) in [5.74, 6) is -1.76. The fraction of sp³-hybridized carbons (Fsp3) is 0.240. The van der Waals surface area contributed by atoms with Crippen molar-refractivity contribution in [2.45, 2.75) is 24.5 Å². The van der Waals surface area contributed by atoms with Gasteiger partial charge in [-0.1, -0.05) is 48.5 Å². The van der Waals surface area contributed by atoms with Gasteiger partial charge in [0.1, 0.15) is 24.3 Å². The molecule has 4 rings (SSSR count). The van der Waals surface area contributed by atoms with Gasteiger partial charge in [0.25, 0.3) is 0 Å². The van der Waals surface area contributed by atoms with Crippen LogP contribution in [-0.4, -0.2) is 35.6 Å². The van der Waals surface area contributed by atoms with E-state index in [1.54, 1.807) is 0 Å². The van der Waals surface area contributed by atoms with E-state index in [0.717, 1.165) is 34.4 Å². The number of nitrogens with one attached hydrogen (secondary N) is 1. The number of amides is 1. The summed E-state index contributed by atoms with van der Waals surface area (Å²) in [5, 5.41) is 22.7. The second-order valence-corrected chi connectivity index (χ2v) is 7.76. The lowest BCUT2D eigenvalue weighted by molar-refractivity contribution is 0.0133. The van der Waals surface area contributed by atoms with Crippen LogP contribution in [0.1, 0.15) is 35.1 Å². The van der Waals surface area contributed by atoms with Gasteiger partial charge in [0.15, 0.2) is 0 Å². The molecule has 0 saturated heterocycles. The monoisotopic (exact) mass is 439 g/mol. The Morgan fingerprint density at radius 2 is 1.50 bits per heavy atom. The first kappa shape index (κ1) is 21.9. The van der Waals surface area contributed by atoms with Crippen LogP contribution in [0, 0.1) is 11.6 Å². The van der Waals surface area contributed by atoms with Gasteiger partial charge in [-0.25, -0.2) is 13.6 Å². The van der Waals surface area contributed by atoms with Gasteiger partial charge in [-0.05, 0) is 46.4 Å². The molecule has 3 N–H and O–H groups in total. The van der Waals surface area contributed by atoms with Crippen LogP contribution in [-0.2, 0) is 4.74 Å². The number of rotatable bonds is 7. The summed E-state index contributed by atoms with van der Waals surface area (Å²) < 4.78 is 32.0. The molecular weight excluding hydrogens is 416 g/mol. The molecule has 0 bridgehead atoms. The standard InChI is InChI=1S/C25H23F2NO4/c26-16-11-15(12-17(27)13-16)24(30)23(29)9-10-28-25(31)32-14-22-20-7-3-1-5-18(20)19-6-2-4-8-21(19)22/h1-8,11-13,22-24,29-30H,9-10,14H2,(H,28,31). The maximum absolute atomic E-state index is 13.3. The van der Waals surface area contributed by atoms with Crippen LogP contribution < -0.4 is 5.32 Å². The van der Waals surface area contributed by atoms with Gasteiger partial charge < -0.3 is 20.3 Å². The van der Waals surface area contributed by atoms with Gasteiger partial charge in [0.2, 0.25) is 0 Å². The highest BCUT2D eigenvalue weighted by Gasteiger charge is 2.29. The predicted molar refractivity (Wildman–Crippen MR) is 115 cm³/mol. The fourth-order valence-electron chi connectivity index (χ4n) is 4.10. The number of halogens is 2. The summed E-state index contributed by atoms with van der Waals surface area (Å²) in [7, 11) is 0. The Labute approximate surface area is 184 Å². The number of carbonyl (C=O) groups excluding carboxylic acids is 1. The normalized spacial score (nSPS) is 14.4. The van der Waals surface area contributed by atoms with Crippen LogP contribution in [0.5, 0.6) is 0 Å². The smallest absolute Gasteiger partial charge is 0.407 e. The van der Waals surface area contributed by atoms with Crippen LogP contribution in [0.3, 0.4) is 0 Å². The van der Waals surface area contributed by atoms with E-state index in [4.69, 9.17) is 4.74 Å². The third-order valence-electron chi connectivity index (χ3n) is 5.64. The van der Waals surface area contributed by atoms with Crippen molar-refractivity contribution in [2.75, 3.05) is 13.2 Å². The number of benzene rings is 3. The molecule has 0 saturated carbocycles. The fourth-order valence-corrected chi connectivity index (χ4v) is 4.10. The van der Waals surface area contributed by atoms with E-state index in [0.29, 0.717) is 6.07 Å². The Morgan fingerprint density at radius 1 is 0.938 bits per heavy atom. The summed E-state index contributed by atoms with van der Waals surface area (Å²) in [5.41, 5.74) is 4.38. The van der Waals surface area contributed by atoms with Crippen LogP contribution in [0.4, 0.5) is 13.6 Å². The third kappa shape index (κ3) is 4.64. The molecule has 1 amide bonds. The first-order valence-electron chi connectivity index (χ1n) is 10.3. The van der Waals surface area contributed by atoms with E-state index >= 15 is 0 Å². The number of carbonyl (C=O) groups is 1. The minimum absolute atomic E-state index is 0.0205. The highest BCUT2D eigenvalue weighted by molar-refractivity contribution is 5.79. The predicted octanol–water partition coefficient (Wildman–Crippen LogP) is 4.29. The Balaban J connectivity index is 1.29. The summed E-state index contributed by atoms with van der Waals surface area (Å²) in [6, 6.07) is 18.6.